The van der Waals surface area contributed by atoms with Crippen molar-refractivity contribution in [2.24, 2.45) is 5.92 Å². The van der Waals surface area contributed by atoms with Crippen molar-refractivity contribution in [3.8, 4) is 0 Å². The second-order valence-electron chi connectivity index (χ2n) is 6.99. The van der Waals surface area contributed by atoms with Gasteiger partial charge < -0.3 is 15.5 Å². The van der Waals surface area contributed by atoms with E-state index in [0.29, 0.717) is 12.5 Å². The number of anilines is 1. The third-order valence-electron chi connectivity index (χ3n) is 4.76. The molecule has 1 aliphatic carbocycles. The molecule has 138 valence electrons. The molecule has 0 bridgehead atoms. The van der Waals surface area contributed by atoms with Gasteiger partial charge in [0.2, 0.25) is 0 Å². The molecular formula is C19H30N3O2S+. The first-order chi connectivity index (χ1) is 12.0. The number of carbonyl (C=O) groups is 2. The third kappa shape index (κ3) is 6.36. The number of likely N-dealkylation sites (N-methyl/N-ethyl adjacent to an activating group) is 1. The Labute approximate surface area is 154 Å². The molecule has 25 heavy (non-hydrogen) atoms. The van der Waals surface area contributed by atoms with Crippen molar-refractivity contribution >= 4 is 29.3 Å². The Balaban J connectivity index is 1.77. The lowest BCUT2D eigenvalue weighted by molar-refractivity contribution is -0.862. The summed E-state index contributed by atoms with van der Waals surface area (Å²) in [5.74, 6) is 0.510. The molecule has 1 saturated carbocycles. The van der Waals surface area contributed by atoms with Crippen molar-refractivity contribution in [3.63, 3.8) is 0 Å². The molecule has 1 aromatic carbocycles. The van der Waals surface area contributed by atoms with E-state index in [4.69, 9.17) is 0 Å². The number of rotatable bonds is 7. The van der Waals surface area contributed by atoms with Crippen molar-refractivity contribution in [1.82, 2.24) is 5.32 Å². The van der Waals surface area contributed by atoms with Crippen molar-refractivity contribution in [2.45, 2.75) is 43.5 Å². The molecule has 6 heteroatoms. The average molecular weight is 365 g/mol. The lowest BCUT2D eigenvalue weighted by Crippen LogP contribution is -3.11. The van der Waals surface area contributed by atoms with Crippen LogP contribution in [0.4, 0.5) is 5.69 Å². The van der Waals surface area contributed by atoms with Crippen molar-refractivity contribution in [3.05, 3.63) is 24.3 Å². The minimum Gasteiger partial charge on any atom is -0.348 e. The minimum atomic E-state index is -0.0714. The Morgan fingerprint density at radius 1 is 1.16 bits per heavy atom. The number of thioether (sulfide) groups is 1. The summed E-state index contributed by atoms with van der Waals surface area (Å²) in [6, 6.07) is 8.03. The summed E-state index contributed by atoms with van der Waals surface area (Å²) in [5, 5.41) is 6.09. The SMILES string of the molecule is CSc1ccccc1NC(=O)C[NH+](C)CC(=O)N[C@@H]1CCCC[C@H]1C. The van der Waals surface area contributed by atoms with Gasteiger partial charge in [0.05, 0.1) is 12.7 Å². The van der Waals surface area contributed by atoms with Gasteiger partial charge in [-0.25, -0.2) is 0 Å². The first-order valence-corrected chi connectivity index (χ1v) is 10.3. The van der Waals surface area contributed by atoms with Crippen LogP contribution in [0.15, 0.2) is 29.2 Å². The largest absolute Gasteiger partial charge is 0.348 e. The number of nitrogens with one attached hydrogen (secondary N) is 3. The molecule has 1 aromatic rings. The van der Waals surface area contributed by atoms with Gasteiger partial charge >= 0.3 is 0 Å². The van der Waals surface area contributed by atoms with Crippen LogP contribution < -0.4 is 15.5 Å². The molecule has 2 amide bonds. The van der Waals surface area contributed by atoms with Crippen molar-refractivity contribution in [2.75, 3.05) is 31.7 Å². The Bertz CT molecular complexity index is 594. The highest BCUT2D eigenvalue weighted by molar-refractivity contribution is 7.98. The standard InChI is InChI=1S/C19H29N3O2S/c1-14-8-4-5-9-15(14)20-18(23)12-22(2)13-19(24)21-16-10-6-7-11-17(16)25-3/h6-7,10-11,14-15H,4-5,8-9,12-13H2,1-3H3,(H,20,23)(H,21,24)/p+1/t14-,15-/m1/s1. The highest BCUT2D eigenvalue weighted by atomic mass is 32.2. The van der Waals surface area contributed by atoms with E-state index in [1.165, 1.54) is 19.3 Å². The number of carbonyl (C=O) groups excluding carboxylic acids is 2. The number of para-hydroxylation sites is 1. The molecule has 1 aliphatic rings. The van der Waals surface area contributed by atoms with Crippen LogP contribution in [0.1, 0.15) is 32.6 Å². The van der Waals surface area contributed by atoms with Gasteiger partial charge in [-0.2, -0.15) is 0 Å². The molecule has 1 unspecified atom stereocenters. The molecule has 3 N–H and O–H groups in total. The van der Waals surface area contributed by atoms with E-state index in [1.54, 1.807) is 11.8 Å². The topological polar surface area (TPSA) is 62.6 Å². The maximum atomic E-state index is 12.2. The number of quaternary nitrogens is 1. The maximum Gasteiger partial charge on any atom is 0.279 e. The molecule has 0 aromatic heterocycles. The Kier molecular flexibility index (Phi) is 7.78. The summed E-state index contributed by atoms with van der Waals surface area (Å²) in [6.45, 7) is 2.80. The predicted molar refractivity (Wildman–Crippen MR) is 103 cm³/mol. The van der Waals surface area contributed by atoms with Crippen molar-refractivity contribution < 1.29 is 14.5 Å². The maximum absolute atomic E-state index is 12.2. The number of benzene rings is 1. The van der Waals surface area contributed by atoms with E-state index in [-0.39, 0.29) is 24.4 Å². The summed E-state index contributed by atoms with van der Waals surface area (Å²) in [4.78, 5) is 26.4. The Morgan fingerprint density at radius 3 is 2.56 bits per heavy atom. The summed E-state index contributed by atoms with van der Waals surface area (Å²) < 4.78 is 0. The molecular weight excluding hydrogens is 334 g/mol. The average Bonchev–Trinajstić information content (AvgIpc) is 2.57. The first-order valence-electron chi connectivity index (χ1n) is 9.03. The van der Waals surface area contributed by atoms with E-state index in [1.807, 2.05) is 37.6 Å². The number of amides is 2. The quantitative estimate of drug-likeness (QED) is 0.644. The van der Waals surface area contributed by atoms with Crippen LogP contribution >= 0.6 is 11.8 Å². The Hall–Kier alpha value is -1.53. The third-order valence-corrected chi connectivity index (χ3v) is 5.56. The molecule has 1 fully saturated rings. The summed E-state index contributed by atoms with van der Waals surface area (Å²) in [7, 11) is 1.88. The first kappa shape index (κ1) is 19.8. The zero-order valence-electron chi connectivity index (χ0n) is 15.4. The van der Waals surface area contributed by atoms with Crippen LogP contribution in [0, 0.1) is 5.92 Å². The molecule has 5 nitrogen and oxygen atoms in total. The van der Waals surface area contributed by atoms with Gasteiger partial charge in [0.1, 0.15) is 0 Å². The molecule has 0 aliphatic heterocycles. The van der Waals surface area contributed by atoms with Gasteiger partial charge in [0.25, 0.3) is 11.8 Å². The van der Waals surface area contributed by atoms with Gasteiger partial charge in [0.15, 0.2) is 13.1 Å². The molecule has 0 spiro atoms. The van der Waals surface area contributed by atoms with Crippen LogP contribution in [0.5, 0.6) is 0 Å². The zero-order valence-corrected chi connectivity index (χ0v) is 16.2. The van der Waals surface area contributed by atoms with Crippen LogP contribution in [0.2, 0.25) is 0 Å². The van der Waals surface area contributed by atoms with E-state index >= 15 is 0 Å². The molecule has 2 rings (SSSR count). The van der Waals surface area contributed by atoms with E-state index in [2.05, 4.69) is 17.6 Å². The molecule has 0 radical (unpaired) electrons. The van der Waals surface area contributed by atoms with Crippen LogP contribution in [-0.2, 0) is 9.59 Å². The van der Waals surface area contributed by atoms with Crippen LogP contribution in [0.25, 0.3) is 0 Å². The van der Waals surface area contributed by atoms with Gasteiger partial charge in [-0.1, -0.05) is 31.9 Å². The predicted octanol–water partition coefficient (Wildman–Crippen LogP) is 1.56. The summed E-state index contributed by atoms with van der Waals surface area (Å²) in [6.07, 6.45) is 6.69. The molecule has 0 saturated heterocycles. The molecule has 3 atom stereocenters. The second-order valence-corrected chi connectivity index (χ2v) is 7.84. The minimum absolute atomic E-state index is 0.0357. The van der Waals surface area contributed by atoms with E-state index in [9.17, 15) is 9.59 Å². The highest BCUT2D eigenvalue weighted by Crippen LogP contribution is 2.24. The molecule has 0 heterocycles. The van der Waals surface area contributed by atoms with Gasteiger partial charge in [0, 0.05) is 10.9 Å². The Morgan fingerprint density at radius 2 is 1.84 bits per heavy atom. The van der Waals surface area contributed by atoms with Crippen LogP contribution in [0.3, 0.4) is 0 Å². The zero-order chi connectivity index (χ0) is 18.2. The highest BCUT2D eigenvalue weighted by Gasteiger charge is 2.24. The number of hydrogen-bond acceptors (Lipinski definition) is 3. The lowest BCUT2D eigenvalue weighted by atomic mass is 9.86. The fourth-order valence-electron chi connectivity index (χ4n) is 3.34. The fourth-order valence-corrected chi connectivity index (χ4v) is 3.90. The lowest BCUT2D eigenvalue weighted by Gasteiger charge is -2.29. The van der Waals surface area contributed by atoms with Crippen molar-refractivity contribution in [1.29, 1.82) is 0 Å². The van der Waals surface area contributed by atoms with Crippen LogP contribution in [-0.4, -0.2) is 44.2 Å². The fraction of sp³-hybridized carbons (Fsp3) is 0.579. The van der Waals surface area contributed by atoms with E-state index < -0.39 is 0 Å². The van der Waals surface area contributed by atoms with Gasteiger partial charge in [-0.05, 0) is 37.1 Å². The normalized spacial score (nSPS) is 21.4. The second kappa shape index (κ2) is 9.82. The smallest absolute Gasteiger partial charge is 0.279 e. The summed E-state index contributed by atoms with van der Waals surface area (Å²) >= 11 is 1.60. The summed E-state index contributed by atoms with van der Waals surface area (Å²) in [5.41, 5.74) is 0.827. The van der Waals surface area contributed by atoms with E-state index in [0.717, 1.165) is 21.9 Å². The monoisotopic (exact) mass is 364 g/mol. The van der Waals surface area contributed by atoms with Gasteiger partial charge in [-0.15, -0.1) is 11.8 Å². The van der Waals surface area contributed by atoms with Gasteiger partial charge in [-0.3, -0.25) is 9.59 Å². The number of hydrogen-bond donors (Lipinski definition) is 3.